The van der Waals surface area contributed by atoms with E-state index >= 15 is 0 Å². The Balaban J connectivity index is 1.29. The molecule has 1 fully saturated rings. The van der Waals surface area contributed by atoms with E-state index in [9.17, 15) is 10.2 Å². The zero-order chi connectivity index (χ0) is 20.0. The second-order valence-electron chi connectivity index (χ2n) is 6.69. The first kappa shape index (κ1) is 17.8. The number of nitrogens with one attached hydrogen (secondary N) is 1. The van der Waals surface area contributed by atoms with E-state index < -0.39 is 24.5 Å². The Morgan fingerprint density at radius 2 is 1.90 bits per heavy atom. The van der Waals surface area contributed by atoms with Crippen LogP contribution in [0, 0.1) is 0 Å². The van der Waals surface area contributed by atoms with Gasteiger partial charge in [0, 0.05) is 6.54 Å². The van der Waals surface area contributed by atoms with Crippen LogP contribution in [0.4, 0.5) is 5.82 Å². The molecule has 29 heavy (non-hydrogen) atoms. The minimum atomic E-state index is -1.16. The molecule has 13 nitrogen and oxygen atoms in total. The molecule has 5 N–H and O–H groups in total. The van der Waals surface area contributed by atoms with Crippen LogP contribution in [0.2, 0.25) is 0 Å². The smallest absolute Gasteiger partial charge is 0.167 e. The molecule has 0 amide bonds. The van der Waals surface area contributed by atoms with Crippen molar-refractivity contribution in [2.45, 2.75) is 31.2 Å². The molecule has 0 radical (unpaired) electrons. The van der Waals surface area contributed by atoms with E-state index in [2.05, 4.69) is 35.2 Å². The predicted molar refractivity (Wildman–Crippen MR) is 99.0 cm³/mol. The van der Waals surface area contributed by atoms with Crippen molar-refractivity contribution in [2.75, 3.05) is 12.3 Å². The number of fused-ring (bicyclic) bond motifs is 2. The van der Waals surface area contributed by atoms with Crippen LogP contribution in [0.15, 0.2) is 31.5 Å². The van der Waals surface area contributed by atoms with Crippen molar-refractivity contribution in [3.63, 3.8) is 0 Å². The Morgan fingerprint density at radius 3 is 2.79 bits per heavy atom. The summed E-state index contributed by atoms with van der Waals surface area (Å²) in [5.74, 6) is 0.233. The molecule has 0 aliphatic carbocycles. The number of aliphatic hydroxyl groups excluding tert-OH is 2. The predicted octanol–water partition coefficient (Wildman–Crippen LogP) is -1.59. The molecule has 4 aromatic rings. The Kier molecular flexibility index (Phi) is 4.28. The Labute approximate surface area is 163 Å². The van der Waals surface area contributed by atoms with Gasteiger partial charge in [-0.2, -0.15) is 0 Å². The largest absolute Gasteiger partial charge is 0.387 e. The van der Waals surface area contributed by atoms with E-state index in [1.54, 1.807) is 17.1 Å². The van der Waals surface area contributed by atoms with Gasteiger partial charge in [0.05, 0.1) is 25.5 Å². The molecular formula is C16H18N10O3. The van der Waals surface area contributed by atoms with Gasteiger partial charge < -0.3 is 25.3 Å². The van der Waals surface area contributed by atoms with Crippen molar-refractivity contribution in [1.82, 2.24) is 44.4 Å². The van der Waals surface area contributed by atoms with Crippen LogP contribution < -0.4 is 11.1 Å². The van der Waals surface area contributed by atoms with Crippen LogP contribution in [0.1, 0.15) is 6.23 Å². The maximum atomic E-state index is 10.5. The third-order valence-electron chi connectivity index (χ3n) is 4.91. The minimum absolute atomic E-state index is 0.233. The molecule has 1 aliphatic rings. The van der Waals surface area contributed by atoms with Gasteiger partial charge in [-0.15, -0.1) is 0 Å². The topological polar surface area (TPSA) is 175 Å². The fourth-order valence-electron chi connectivity index (χ4n) is 3.44. The fraction of sp³-hybridized carbons (Fsp3) is 0.375. The van der Waals surface area contributed by atoms with Crippen LogP contribution in [-0.2, 0) is 11.4 Å². The zero-order valence-corrected chi connectivity index (χ0v) is 15.1. The van der Waals surface area contributed by atoms with Crippen LogP contribution in [-0.4, -0.2) is 74.1 Å². The SMILES string of the molecule is Nc1ncnc2c1ncn2C1OC(CNCn2cnc3cncnc32)C(O)C1O. The maximum Gasteiger partial charge on any atom is 0.167 e. The van der Waals surface area contributed by atoms with Crippen molar-refractivity contribution >= 4 is 28.1 Å². The Hall–Kier alpha value is -3.26. The van der Waals surface area contributed by atoms with E-state index in [1.807, 2.05) is 4.57 Å². The standard InChI is InChI=1S/C16H18N10O3/c17-13-10-15(22-4-20-13)26(7-24-10)16-12(28)11(27)9(29-16)2-19-5-25-6-23-8-1-18-3-21-14(8)25/h1,3-4,6-7,9,11-12,16,19,27-28H,2,5H2,(H2,17,20,22). The molecule has 0 aromatic carbocycles. The molecule has 1 saturated heterocycles. The van der Waals surface area contributed by atoms with Crippen LogP contribution in [0.25, 0.3) is 22.3 Å². The zero-order valence-electron chi connectivity index (χ0n) is 15.1. The lowest BCUT2D eigenvalue weighted by Crippen LogP contribution is -2.38. The van der Waals surface area contributed by atoms with Gasteiger partial charge in [-0.25, -0.2) is 29.9 Å². The monoisotopic (exact) mass is 398 g/mol. The summed E-state index contributed by atoms with van der Waals surface area (Å²) in [4.78, 5) is 24.6. The highest BCUT2D eigenvalue weighted by Crippen LogP contribution is 2.31. The summed E-state index contributed by atoms with van der Waals surface area (Å²) in [6, 6.07) is 0. The number of hydrogen-bond acceptors (Lipinski definition) is 11. The van der Waals surface area contributed by atoms with Crippen molar-refractivity contribution in [1.29, 1.82) is 0 Å². The molecule has 0 saturated carbocycles. The molecule has 150 valence electrons. The van der Waals surface area contributed by atoms with Gasteiger partial charge in [-0.1, -0.05) is 0 Å². The van der Waals surface area contributed by atoms with E-state index in [1.165, 1.54) is 19.0 Å². The molecule has 1 aliphatic heterocycles. The number of anilines is 1. The van der Waals surface area contributed by atoms with Crippen LogP contribution >= 0.6 is 0 Å². The van der Waals surface area contributed by atoms with Crippen molar-refractivity contribution in [3.05, 3.63) is 31.5 Å². The third-order valence-corrected chi connectivity index (χ3v) is 4.91. The summed E-state index contributed by atoms with van der Waals surface area (Å²) in [5, 5.41) is 24.1. The first-order valence-electron chi connectivity index (χ1n) is 8.89. The summed E-state index contributed by atoms with van der Waals surface area (Å²) >= 11 is 0. The molecular weight excluding hydrogens is 380 g/mol. The van der Waals surface area contributed by atoms with Crippen LogP contribution in [0.3, 0.4) is 0 Å². The number of nitrogens with two attached hydrogens (primary N) is 1. The van der Waals surface area contributed by atoms with Crippen LogP contribution in [0.5, 0.6) is 0 Å². The van der Waals surface area contributed by atoms with Gasteiger partial charge in [0.25, 0.3) is 0 Å². The lowest BCUT2D eigenvalue weighted by molar-refractivity contribution is -0.0345. The highest BCUT2D eigenvalue weighted by atomic mass is 16.6. The van der Waals surface area contributed by atoms with Gasteiger partial charge in [-0.3, -0.25) is 9.88 Å². The van der Waals surface area contributed by atoms with Crippen molar-refractivity contribution in [2.24, 2.45) is 0 Å². The van der Waals surface area contributed by atoms with E-state index in [4.69, 9.17) is 10.5 Å². The van der Waals surface area contributed by atoms with E-state index in [-0.39, 0.29) is 5.82 Å². The van der Waals surface area contributed by atoms with Crippen molar-refractivity contribution < 1.29 is 14.9 Å². The molecule has 4 aromatic heterocycles. The number of hydrogen-bond donors (Lipinski definition) is 4. The molecule has 0 spiro atoms. The van der Waals surface area contributed by atoms with Crippen molar-refractivity contribution in [3.8, 4) is 0 Å². The van der Waals surface area contributed by atoms with Gasteiger partial charge >= 0.3 is 0 Å². The fourth-order valence-corrected chi connectivity index (χ4v) is 3.44. The highest BCUT2D eigenvalue weighted by Gasteiger charge is 2.44. The molecule has 0 bridgehead atoms. The highest BCUT2D eigenvalue weighted by molar-refractivity contribution is 5.81. The van der Waals surface area contributed by atoms with E-state index in [0.29, 0.717) is 35.5 Å². The van der Waals surface area contributed by atoms with E-state index in [0.717, 1.165) is 0 Å². The summed E-state index contributed by atoms with van der Waals surface area (Å²) in [6.45, 7) is 0.696. The Bertz CT molecular complexity index is 1160. The molecule has 5 rings (SSSR count). The number of imidazole rings is 2. The quantitative estimate of drug-likeness (QED) is 0.305. The average Bonchev–Trinajstić information content (AvgIpc) is 3.41. The number of nitrogens with zero attached hydrogens (tertiary/aromatic N) is 8. The number of aromatic nitrogens is 8. The average molecular weight is 398 g/mol. The first-order chi connectivity index (χ1) is 14.1. The third kappa shape index (κ3) is 2.96. The second-order valence-corrected chi connectivity index (χ2v) is 6.69. The summed E-state index contributed by atoms with van der Waals surface area (Å²) in [7, 11) is 0. The first-order valence-corrected chi connectivity index (χ1v) is 8.89. The number of aliphatic hydroxyl groups is 2. The van der Waals surface area contributed by atoms with Gasteiger partial charge in [0.2, 0.25) is 0 Å². The normalized spacial score (nSPS) is 24.6. The lowest BCUT2D eigenvalue weighted by Gasteiger charge is -2.16. The van der Waals surface area contributed by atoms with Gasteiger partial charge in [0.1, 0.15) is 42.0 Å². The molecule has 4 unspecified atom stereocenters. The number of nitrogen functional groups attached to an aromatic ring is 1. The maximum absolute atomic E-state index is 10.5. The number of rotatable bonds is 5. The van der Waals surface area contributed by atoms with Gasteiger partial charge in [0.15, 0.2) is 23.3 Å². The summed E-state index contributed by atoms with van der Waals surface area (Å²) in [5.41, 5.74) is 8.02. The lowest BCUT2D eigenvalue weighted by atomic mass is 10.1. The number of ether oxygens (including phenoxy) is 1. The molecule has 13 heteroatoms. The second kappa shape index (κ2) is 6.97. The minimum Gasteiger partial charge on any atom is -0.387 e. The summed E-state index contributed by atoms with van der Waals surface area (Å²) in [6.07, 6.45) is 3.77. The Morgan fingerprint density at radius 1 is 1.03 bits per heavy atom. The molecule has 4 atom stereocenters. The van der Waals surface area contributed by atoms with Gasteiger partial charge in [-0.05, 0) is 0 Å². The summed E-state index contributed by atoms with van der Waals surface area (Å²) < 4.78 is 9.25. The molecule has 5 heterocycles.